The van der Waals surface area contributed by atoms with Crippen molar-refractivity contribution in [2.24, 2.45) is 5.92 Å². The van der Waals surface area contributed by atoms with Gasteiger partial charge in [-0.1, -0.05) is 143 Å². The molecule has 0 aromatic heterocycles. The van der Waals surface area contributed by atoms with Crippen molar-refractivity contribution in [1.82, 2.24) is 9.80 Å². The van der Waals surface area contributed by atoms with Gasteiger partial charge in [-0.05, 0) is 65.3 Å². The molecule has 0 bridgehead atoms. The molecule has 0 rings (SSSR count). The lowest BCUT2D eigenvalue weighted by atomic mass is 9.95. The third kappa shape index (κ3) is 30.3. The van der Waals surface area contributed by atoms with Gasteiger partial charge in [0.15, 0.2) is 0 Å². The van der Waals surface area contributed by atoms with Gasteiger partial charge >= 0.3 is 12.1 Å². The number of rotatable bonds is 37. The van der Waals surface area contributed by atoms with E-state index >= 15 is 0 Å². The van der Waals surface area contributed by atoms with Crippen LogP contribution in [-0.2, 0) is 19.0 Å². The van der Waals surface area contributed by atoms with Gasteiger partial charge in [-0.25, -0.2) is 4.79 Å². The maximum absolute atomic E-state index is 12.4. The summed E-state index contributed by atoms with van der Waals surface area (Å²) in [6, 6.07) is 1.01. The Hall–Kier alpha value is -1.34. The van der Waals surface area contributed by atoms with E-state index in [4.69, 9.17) is 14.2 Å². The van der Waals surface area contributed by atoms with Crippen LogP contribution < -0.4 is 0 Å². The molecule has 0 aliphatic carbocycles. The van der Waals surface area contributed by atoms with Gasteiger partial charge in [0.05, 0.1) is 13.2 Å². The van der Waals surface area contributed by atoms with Gasteiger partial charge in [-0.15, -0.1) is 0 Å². The maximum atomic E-state index is 12.4. The Labute approximate surface area is 311 Å². The van der Waals surface area contributed by atoms with Crippen LogP contribution in [0.2, 0.25) is 0 Å². The summed E-state index contributed by atoms with van der Waals surface area (Å²) in [5, 5.41) is 0. The predicted molar refractivity (Wildman–Crippen MR) is 213 cm³/mol. The molecule has 50 heavy (non-hydrogen) atoms. The molecule has 0 amide bonds. The van der Waals surface area contributed by atoms with Gasteiger partial charge < -0.3 is 14.2 Å². The summed E-state index contributed by atoms with van der Waals surface area (Å²) in [5.41, 5.74) is 0. The number of likely N-dealkylation sites (N-methyl/N-ethyl adjacent to an activating group) is 1. The highest BCUT2D eigenvalue weighted by atomic mass is 16.7. The van der Waals surface area contributed by atoms with E-state index < -0.39 is 6.16 Å². The van der Waals surface area contributed by atoms with E-state index in [9.17, 15) is 9.59 Å². The number of nitrogens with zero attached hydrogens (tertiary/aromatic N) is 2. The highest BCUT2D eigenvalue weighted by Gasteiger charge is 2.16. The first kappa shape index (κ1) is 48.7. The zero-order chi connectivity index (χ0) is 37.1. The van der Waals surface area contributed by atoms with Crippen LogP contribution in [0.4, 0.5) is 4.79 Å². The molecule has 0 saturated carbocycles. The van der Waals surface area contributed by atoms with Crippen LogP contribution in [-0.4, -0.2) is 80.0 Å². The Morgan fingerprint density at radius 3 is 1.58 bits per heavy atom. The Morgan fingerprint density at radius 1 is 0.500 bits per heavy atom. The molecule has 0 saturated heterocycles. The minimum atomic E-state index is -0.550. The van der Waals surface area contributed by atoms with E-state index in [1.54, 1.807) is 0 Å². The van der Waals surface area contributed by atoms with Crippen molar-refractivity contribution in [2.45, 2.75) is 215 Å². The smallest absolute Gasteiger partial charge is 0.465 e. The van der Waals surface area contributed by atoms with Crippen molar-refractivity contribution < 1.29 is 23.8 Å². The number of ether oxygens (including phenoxy) is 3. The summed E-state index contributed by atoms with van der Waals surface area (Å²) < 4.78 is 16.5. The summed E-state index contributed by atoms with van der Waals surface area (Å²) in [6.07, 6.45) is 27.9. The molecular formula is C43H86N2O5. The van der Waals surface area contributed by atoms with Crippen LogP contribution in [0, 0.1) is 5.92 Å². The molecule has 0 N–H and O–H groups in total. The molecule has 7 nitrogen and oxygen atoms in total. The summed E-state index contributed by atoms with van der Waals surface area (Å²) >= 11 is 0. The second-order valence-corrected chi connectivity index (χ2v) is 15.2. The molecular weight excluding hydrogens is 624 g/mol. The molecule has 0 heterocycles. The Morgan fingerprint density at radius 2 is 0.980 bits per heavy atom. The number of hydrogen-bond donors (Lipinski definition) is 0. The van der Waals surface area contributed by atoms with Gasteiger partial charge in [0, 0.05) is 38.1 Å². The standard InChI is InChI=1S/C43H86N2O5/c1-8-12-15-17-21-26-31-41(30-25-16-13-9-2)38-50-42(46)32-27-22-19-18-20-23-28-36-48-43(47)49-37-35-45(39(5)6)34-33-44(11-4)40(7)29-24-14-10-3/h39-41H,8-38H2,1-7H3. The second kappa shape index (κ2) is 36.0. The monoisotopic (exact) mass is 711 g/mol. The zero-order valence-electron chi connectivity index (χ0n) is 34.6. The van der Waals surface area contributed by atoms with E-state index in [1.807, 2.05) is 0 Å². The average molecular weight is 711 g/mol. The van der Waals surface area contributed by atoms with Crippen LogP contribution in [0.3, 0.4) is 0 Å². The van der Waals surface area contributed by atoms with Crippen LogP contribution >= 0.6 is 0 Å². The lowest BCUT2D eigenvalue weighted by molar-refractivity contribution is -0.145. The highest BCUT2D eigenvalue weighted by molar-refractivity contribution is 5.69. The van der Waals surface area contributed by atoms with Gasteiger partial charge in [-0.3, -0.25) is 14.6 Å². The number of unbranched alkanes of at least 4 members (excludes halogenated alkanes) is 16. The molecule has 0 aliphatic rings. The van der Waals surface area contributed by atoms with E-state index in [2.05, 4.69) is 58.3 Å². The minimum absolute atomic E-state index is 0.0154. The fraction of sp³-hybridized carbons (Fsp3) is 0.953. The Kier molecular flexibility index (Phi) is 35.1. The summed E-state index contributed by atoms with van der Waals surface area (Å²) in [4.78, 5) is 29.5. The van der Waals surface area contributed by atoms with Crippen molar-refractivity contribution in [1.29, 1.82) is 0 Å². The first-order valence-electron chi connectivity index (χ1n) is 21.7. The SMILES string of the molecule is CCCCCCCCC(CCCCCC)COC(=O)CCCCCCCCCOC(=O)OCCN(CCN(CC)C(C)CCCCC)C(C)C. The normalized spacial score (nSPS) is 12.9. The van der Waals surface area contributed by atoms with E-state index in [1.165, 1.54) is 103 Å². The molecule has 0 fully saturated rings. The zero-order valence-corrected chi connectivity index (χ0v) is 34.6. The topological polar surface area (TPSA) is 68.3 Å². The number of esters is 1. The number of carbonyl (C=O) groups is 2. The largest absolute Gasteiger partial charge is 0.508 e. The lowest BCUT2D eigenvalue weighted by Gasteiger charge is -2.32. The van der Waals surface area contributed by atoms with Crippen molar-refractivity contribution in [3.63, 3.8) is 0 Å². The molecule has 7 heteroatoms. The van der Waals surface area contributed by atoms with Gasteiger partial charge in [-0.2, -0.15) is 0 Å². The molecule has 2 atom stereocenters. The summed E-state index contributed by atoms with van der Waals surface area (Å²) in [7, 11) is 0. The Bertz CT molecular complexity index is 749. The number of hydrogen-bond acceptors (Lipinski definition) is 7. The molecule has 0 aliphatic heterocycles. The van der Waals surface area contributed by atoms with Gasteiger partial charge in [0.25, 0.3) is 0 Å². The minimum Gasteiger partial charge on any atom is -0.465 e. The van der Waals surface area contributed by atoms with Crippen molar-refractivity contribution >= 4 is 12.1 Å². The molecule has 2 unspecified atom stereocenters. The molecule has 0 radical (unpaired) electrons. The van der Waals surface area contributed by atoms with Crippen LogP contribution in [0.25, 0.3) is 0 Å². The summed E-state index contributed by atoms with van der Waals surface area (Å²) in [6.45, 7) is 21.0. The molecule has 0 spiro atoms. The van der Waals surface area contributed by atoms with E-state index in [0.717, 1.165) is 71.1 Å². The van der Waals surface area contributed by atoms with Crippen molar-refractivity contribution in [3.8, 4) is 0 Å². The second-order valence-electron chi connectivity index (χ2n) is 15.2. The third-order valence-corrected chi connectivity index (χ3v) is 10.4. The quantitative estimate of drug-likeness (QED) is 0.0469. The van der Waals surface area contributed by atoms with Crippen LogP contribution in [0.5, 0.6) is 0 Å². The van der Waals surface area contributed by atoms with Gasteiger partial charge in [0.1, 0.15) is 6.61 Å². The van der Waals surface area contributed by atoms with Crippen LogP contribution in [0.1, 0.15) is 203 Å². The molecule has 0 aromatic carbocycles. The average Bonchev–Trinajstić information content (AvgIpc) is 3.10. The van der Waals surface area contributed by atoms with Crippen molar-refractivity contribution in [2.75, 3.05) is 46.0 Å². The van der Waals surface area contributed by atoms with E-state index in [-0.39, 0.29) is 5.97 Å². The maximum Gasteiger partial charge on any atom is 0.508 e. The first-order chi connectivity index (χ1) is 24.3. The fourth-order valence-electron chi connectivity index (χ4n) is 6.81. The fourth-order valence-corrected chi connectivity index (χ4v) is 6.81. The molecule has 298 valence electrons. The van der Waals surface area contributed by atoms with Gasteiger partial charge in [0.2, 0.25) is 0 Å². The highest BCUT2D eigenvalue weighted by Crippen LogP contribution is 2.20. The first-order valence-corrected chi connectivity index (χ1v) is 21.7. The summed E-state index contributed by atoms with van der Waals surface area (Å²) in [5.74, 6) is 0.516. The van der Waals surface area contributed by atoms with Crippen LogP contribution in [0.15, 0.2) is 0 Å². The lowest BCUT2D eigenvalue weighted by Crippen LogP contribution is -2.43. The third-order valence-electron chi connectivity index (χ3n) is 10.4. The number of carbonyl (C=O) groups excluding carboxylic acids is 2. The van der Waals surface area contributed by atoms with E-state index in [0.29, 0.717) is 44.2 Å². The molecule has 0 aromatic rings. The predicted octanol–water partition coefficient (Wildman–Crippen LogP) is 12.1. The Balaban J connectivity index is 3.96. The van der Waals surface area contributed by atoms with Crippen molar-refractivity contribution in [3.05, 3.63) is 0 Å².